The third-order valence-corrected chi connectivity index (χ3v) is 5.21. The second-order valence-electron chi connectivity index (χ2n) is 6.05. The number of ether oxygens (including phenoxy) is 2. The number of likely N-dealkylation sites (tertiary alicyclic amines) is 1. The Labute approximate surface area is 144 Å². The summed E-state index contributed by atoms with van der Waals surface area (Å²) in [6, 6.07) is -3.38. The monoisotopic (exact) mass is 309 g/mol. The topological polar surface area (TPSA) is 41.9 Å². The van der Waals surface area contributed by atoms with E-state index in [-0.39, 0.29) is 35.6 Å². The second kappa shape index (κ2) is 4.06. The van der Waals surface area contributed by atoms with Crippen LogP contribution >= 0.6 is 0 Å². The summed E-state index contributed by atoms with van der Waals surface area (Å²) in [5, 5.41) is 4.73. The van der Waals surface area contributed by atoms with Crippen molar-refractivity contribution in [3.63, 3.8) is 0 Å². The van der Waals surface area contributed by atoms with Crippen LogP contribution in [0.4, 0.5) is 0 Å². The van der Waals surface area contributed by atoms with E-state index >= 15 is 0 Å². The minimum absolute atomic E-state index is 0.0101. The molecule has 5 rings (SSSR count). The number of piperidine rings is 1. The summed E-state index contributed by atoms with van der Waals surface area (Å²) in [5.41, 5.74) is -1.40. The lowest BCUT2D eigenvalue weighted by Crippen LogP contribution is -2.64. The molecule has 2 aliphatic heterocycles. The van der Waals surface area contributed by atoms with Crippen LogP contribution in [0.25, 0.3) is 0 Å². The molecule has 1 N–H and O–H groups in total. The number of hydrogen-bond donors (Lipinski definition) is 1. The third kappa shape index (κ3) is 1.28. The fourth-order valence-electron chi connectivity index (χ4n) is 4.30. The SMILES string of the molecule is [2H]OC1([2H])C=C[C@@H]2[C@@]34CCN(C([2H])([2H])[2H])[C@]2([2H])C([2H])([2H])c2c([2H])c([2H])c(OC)c(c23)OC14. The Morgan fingerprint density at radius 3 is 3.41 bits per heavy atom. The van der Waals surface area contributed by atoms with Crippen molar-refractivity contribution in [3.05, 3.63) is 35.4 Å². The van der Waals surface area contributed by atoms with Gasteiger partial charge < -0.3 is 19.5 Å². The van der Waals surface area contributed by atoms with Gasteiger partial charge in [0.2, 0.25) is 1.43 Å². The number of likely N-dealkylation sites (N-methyl/N-ethyl adjacent to an activating group) is 1. The molecule has 116 valence electrons. The van der Waals surface area contributed by atoms with E-state index in [9.17, 15) is 1.37 Å². The van der Waals surface area contributed by atoms with Crippen molar-refractivity contribution >= 4 is 0 Å². The summed E-state index contributed by atoms with van der Waals surface area (Å²) in [7, 11) is 1.28. The summed E-state index contributed by atoms with van der Waals surface area (Å²) in [4.78, 5) is 0.823. The van der Waals surface area contributed by atoms with E-state index in [0.29, 0.717) is 0 Å². The number of rotatable bonds is 2. The zero-order valence-corrected chi connectivity index (χ0v) is 11.9. The van der Waals surface area contributed by atoms with Gasteiger partial charge in [0, 0.05) is 31.1 Å². The maximum atomic E-state index is 9.34. The zero-order valence-electron chi connectivity index (χ0n) is 21.9. The maximum absolute atomic E-state index is 9.34. The molecule has 4 heteroatoms. The van der Waals surface area contributed by atoms with Crippen LogP contribution in [0.1, 0.15) is 29.9 Å². The minimum atomic E-state index is -2.81. The predicted molar refractivity (Wildman–Crippen MR) is 82.5 cm³/mol. The molecule has 2 bridgehead atoms. The summed E-state index contributed by atoms with van der Waals surface area (Å²) < 4.78 is 95.9. The lowest BCUT2D eigenvalue weighted by molar-refractivity contribution is -0.0453. The largest absolute Gasteiger partial charge is 0.493 e. The molecule has 1 saturated heterocycles. The number of hydrogen-bond acceptors (Lipinski definition) is 4. The Morgan fingerprint density at radius 2 is 2.59 bits per heavy atom. The number of methoxy groups -OCH3 is 1. The van der Waals surface area contributed by atoms with Gasteiger partial charge in [0.15, 0.2) is 11.5 Å². The first-order valence-corrected chi connectivity index (χ1v) is 7.23. The third-order valence-electron chi connectivity index (χ3n) is 5.21. The molecule has 1 aromatic carbocycles. The van der Waals surface area contributed by atoms with Gasteiger partial charge in [0.1, 0.15) is 12.2 Å². The molecule has 0 radical (unpaired) electrons. The van der Waals surface area contributed by atoms with E-state index in [1.807, 2.05) is 0 Å². The highest BCUT2D eigenvalue weighted by atomic mass is 16.5. The van der Waals surface area contributed by atoms with Gasteiger partial charge in [0.25, 0.3) is 0 Å². The van der Waals surface area contributed by atoms with Gasteiger partial charge in [-0.3, -0.25) is 0 Å². The summed E-state index contributed by atoms with van der Waals surface area (Å²) in [5.74, 6) is -1.20. The summed E-state index contributed by atoms with van der Waals surface area (Å²) >= 11 is 0. The standard InChI is InChI=1S/C18H21NO3/c1-19-8-7-18-11-4-5-13(20)17(18)22-16-14(21-2)6-3-10(15(16)18)9-12(11)19/h3-6,11-13,17,20H,7-9H2,1-2H3/t11-,12+,13?,17?,18-/m0/s1/i1D3,3D,6D,9D2,12D,13D,20D. The summed E-state index contributed by atoms with van der Waals surface area (Å²) in [6.07, 6.45) is -3.31. The van der Waals surface area contributed by atoms with Crippen LogP contribution in [-0.4, -0.2) is 50.3 Å². The first kappa shape index (κ1) is 6.54. The Morgan fingerprint density at radius 1 is 1.64 bits per heavy atom. The Hall–Kier alpha value is -1.52. The lowest BCUT2D eigenvalue weighted by Gasteiger charge is -2.56. The van der Waals surface area contributed by atoms with Crippen molar-refractivity contribution < 1.29 is 26.9 Å². The molecule has 1 fully saturated rings. The van der Waals surface area contributed by atoms with E-state index in [1.165, 1.54) is 19.3 Å². The van der Waals surface area contributed by atoms with Crippen molar-refractivity contribution in [1.82, 2.24) is 4.90 Å². The Kier molecular flexibility index (Phi) is 1.21. The molecule has 1 aromatic rings. The summed E-state index contributed by atoms with van der Waals surface area (Å²) in [6.45, 7) is -3.01. The molecule has 2 aliphatic carbocycles. The van der Waals surface area contributed by atoms with Crippen LogP contribution in [-0.2, 0) is 11.8 Å². The van der Waals surface area contributed by atoms with E-state index in [1.54, 1.807) is 0 Å². The van der Waals surface area contributed by atoms with Crippen LogP contribution in [0.5, 0.6) is 11.5 Å². The highest BCUT2D eigenvalue weighted by Gasteiger charge is 2.64. The average Bonchev–Trinajstić information content (AvgIpc) is 3.03. The molecule has 2 heterocycles. The van der Waals surface area contributed by atoms with Gasteiger partial charge in [-0.15, -0.1) is 0 Å². The molecule has 1 spiro atoms. The van der Waals surface area contributed by atoms with E-state index in [0.717, 1.165) is 4.90 Å². The van der Waals surface area contributed by atoms with E-state index in [2.05, 4.69) is 0 Å². The number of benzene rings is 1. The van der Waals surface area contributed by atoms with Crippen LogP contribution in [0.3, 0.4) is 0 Å². The quantitative estimate of drug-likeness (QED) is 0.841. The van der Waals surface area contributed by atoms with Crippen molar-refractivity contribution in [1.29, 1.82) is 1.43 Å². The molecule has 22 heavy (non-hydrogen) atoms. The fraction of sp³-hybridized carbons (Fsp3) is 0.556. The molecule has 0 amide bonds. The van der Waals surface area contributed by atoms with Crippen LogP contribution in [0.15, 0.2) is 24.2 Å². The molecular formula is C18H21NO3. The molecule has 5 atom stereocenters. The van der Waals surface area contributed by atoms with Gasteiger partial charge in [-0.25, -0.2) is 0 Å². The molecule has 0 saturated carbocycles. The highest BCUT2D eigenvalue weighted by Crippen LogP contribution is 2.62. The van der Waals surface area contributed by atoms with Gasteiger partial charge >= 0.3 is 0 Å². The van der Waals surface area contributed by atoms with E-state index in [4.69, 9.17) is 27.0 Å². The molecular weight excluding hydrogens is 278 g/mol. The van der Waals surface area contributed by atoms with Crippen LogP contribution in [0, 0.1) is 5.92 Å². The van der Waals surface area contributed by atoms with Crippen LogP contribution < -0.4 is 9.47 Å². The van der Waals surface area contributed by atoms with Crippen molar-refractivity contribution in [2.75, 3.05) is 20.6 Å². The molecule has 4 aliphatic rings. The maximum Gasteiger partial charge on any atom is 0.211 e. The molecule has 2 unspecified atom stereocenters. The Bertz CT molecular complexity index is 1060. The smallest absolute Gasteiger partial charge is 0.211 e. The minimum Gasteiger partial charge on any atom is -0.493 e. The Balaban J connectivity index is 1.96. The normalized spacial score (nSPS) is 57.1. The van der Waals surface area contributed by atoms with Crippen molar-refractivity contribution in [2.24, 2.45) is 5.92 Å². The lowest BCUT2D eigenvalue weighted by atomic mass is 9.53. The molecule has 0 aromatic heterocycles. The number of aliphatic hydroxyl groups is 1. The van der Waals surface area contributed by atoms with Crippen molar-refractivity contribution in [2.45, 2.75) is 36.4 Å². The van der Waals surface area contributed by atoms with Gasteiger partial charge in [-0.05, 0) is 37.9 Å². The van der Waals surface area contributed by atoms with Crippen molar-refractivity contribution in [3.8, 4) is 11.5 Å². The second-order valence-corrected chi connectivity index (χ2v) is 6.05. The van der Waals surface area contributed by atoms with Gasteiger partial charge in [0.05, 0.1) is 11.2 Å². The first-order valence-electron chi connectivity index (χ1n) is 12.1. The van der Waals surface area contributed by atoms with Gasteiger partial charge in [-0.1, -0.05) is 18.2 Å². The zero-order chi connectivity index (χ0) is 23.6. The van der Waals surface area contributed by atoms with Crippen LogP contribution in [0.2, 0.25) is 0 Å². The average molecular weight is 309 g/mol. The predicted octanol–water partition coefficient (Wildman–Crippen LogP) is 1.50. The number of nitrogens with zero attached hydrogens (tertiary/aromatic N) is 1. The fourth-order valence-corrected chi connectivity index (χ4v) is 4.30. The highest BCUT2D eigenvalue weighted by molar-refractivity contribution is 5.62. The van der Waals surface area contributed by atoms with E-state index < -0.39 is 55.0 Å². The first-order chi connectivity index (χ1) is 14.7. The molecule has 4 nitrogen and oxygen atoms in total. The van der Waals surface area contributed by atoms with Gasteiger partial charge in [-0.2, -0.15) is 0 Å².